The number of carbonyl (C=O) groups is 1. The number of Topliss-reactive ketones (excluding diaryl/α,β-unsaturated/α-hetero) is 1. The summed E-state index contributed by atoms with van der Waals surface area (Å²) in [6.07, 6.45) is 0. The standard InChI is InChI=1S/C11H14OS/c1-3-13-8-10-4-6-11(7-5-10)9(2)12/h4-7H,3,8H2,1-2H3. The summed E-state index contributed by atoms with van der Waals surface area (Å²) in [5, 5.41) is 0. The molecule has 0 atom stereocenters. The Morgan fingerprint density at radius 2 is 1.92 bits per heavy atom. The highest BCUT2D eigenvalue weighted by atomic mass is 32.2. The first-order valence-electron chi connectivity index (χ1n) is 4.41. The molecule has 0 radical (unpaired) electrons. The maximum absolute atomic E-state index is 11.0. The molecule has 1 aromatic carbocycles. The Hall–Kier alpha value is -0.760. The Kier molecular flexibility index (Phi) is 4.03. The third-order valence-electron chi connectivity index (χ3n) is 1.83. The number of benzene rings is 1. The van der Waals surface area contributed by atoms with E-state index in [9.17, 15) is 4.79 Å². The van der Waals surface area contributed by atoms with Gasteiger partial charge in [0.25, 0.3) is 0 Å². The van der Waals surface area contributed by atoms with E-state index >= 15 is 0 Å². The molecule has 0 saturated carbocycles. The summed E-state index contributed by atoms with van der Waals surface area (Å²) in [5.41, 5.74) is 2.09. The minimum Gasteiger partial charge on any atom is -0.295 e. The van der Waals surface area contributed by atoms with Crippen LogP contribution in [0.25, 0.3) is 0 Å². The van der Waals surface area contributed by atoms with Crippen molar-refractivity contribution in [3.05, 3.63) is 35.4 Å². The minimum absolute atomic E-state index is 0.134. The molecule has 1 nitrogen and oxygen atoms in total. The van der Waals surface area contributed by atoms with E-state index < -0.39 is 0 Å². The van der Waals surface area contributed by atoms with Crippen molar-refractivity contribution in [2.24, 2.45) is 0 Å². The Bertz CT molecular complexity index is 277. The lowest BCUT2D eigenvalue weighted by molar-refractivity contribution is 0.101. The molecule has 0 amide bonds. The molecule has 0 aliphatic heterocycles. The first-order valence-corrected chi connectivity index (χ1v) is 5.57. The van der Waals surface area contributed by atoms with E-state index in [1.807, 2.05) is 36.0 Å². The van der Waals surface area contributed by atoms with Crippen LogP contribution in [0.15, 0.2) is 24.3 Å². The molecule has 1 aromatic rings. The van der Waals surface area contributed by atoms with E-state index in [1.54, 1.807) is 6.92 Å². The van der Waals surface area contributed by atoms with Gasteiger partial charge in [-0.05, 0) is 18.2 Å². The van der Waals surface area contributed by atoms with Crippen molar-refractivity contribution in [1.82, 2.24) is 0 Å². The minimum atomic E-state index is 0.134. The van der Waals surface area contributed by atoms with Gasteiger partial charge in [-0.15, -0.1) is 0 Å². The van der Waals surface area contributed by atoms with Crippen LogP contribution < -0.4 is 0 Å². The fourth-order valence-corrected chi connectivity index (χ4v) is 1.69. The third kappa shape index (κ3) is 3.23. The average Bonchev–Trinajstić information content (AvgIpc) is 2.15. The molecule has 1 rings (SSSR count). The molecular formula is C11H14OS. The monoisotopic (exact) mass is 194 g/mol. The maximum Gasteiger partial charge on any atom is 0.159 e. The number of carbonyl (C=O) groups excluding carboxylic acids is 1. The van der Waals surface area contributed by atoms with Gasteiger partial charge in [-0.1, -0.05) is 31.2 Å². The highest BCUT2D eigenvalue weighted by molar-refractivity contribution is 7.98. The van der Waals surface area contributed by atoms with Gasteiger partial charge in [-0.3, -0.25) is 4.79 Å². The molecule has 0 fully saturated rings. The van der Waals surface area contributed by atoms with Gasteiger partial charge in [0.2, 0.25) is 0 Å². The van der Waals surface area contributed by atoms with Gasteiger partial charge in [-0.25, -0.2) is 0 Å². The second-order valence-electron chi connectivity index (χ2n) is 2.89. The van der Waals surface area contributed by atoms with Crippen LogP contribution in [0.2, 0.25) is 0 Å². The van der Waals surface area contributed by atoms with Crippen molar-refractivity contribution in [2.75, 3.05) is 5.75 Å². The van der Waals surface area contributed by atoms with Crippen molar-refractivity contribution in [3.63, 3.8) is 0 Å². The van der Waals surface area contributed by atoms with Crippen LogP contribution >= 0.6 is 11.8 Å². The molecule has 0 aliphatic rings. The predicted molar refractivity (Wildman–Crippen MR) is 58.3 cm³/mol. The van der Waals surface area contributed by atoms with E-state index in [0.29, 0.717) is 0 Å². The Morgan fingerprint density at radius 1 is 1.31 bits per heavy atom. The molecule has 13 heavy (non-hydrogen) atoms. The van der Waals surface area contributed by atoms with Crippen molar-refractivity contribution in [3.8, 4) is 0 Å². The normalized spacial score (nSPS) is 10.0. The number of hydrogen-bond acceptors (Lipinski definition) is 2. The molecule has 0 aromatic heterocycles. The number of thioether (sulfide) groups is 1. The predicted octanol–water partition coefficient (Wildman–Crippen LogP) is 3.14. The first kappa shape index (κ1) is 10.3. The highest BCUT2D eigenvalue weighted by Gasteiger charge is 1.98. The van der Waals surface area contributed by atoms with Crippen molar-refractivity contribution in [2.45, 2.75) is 19.6 Å². The van der Waals surface area contributed by atoms with Gasteiger partial charge in [0.05, 0.1) is 0 Å². The zero-order valence-electron chi connectivity index (χ0n) is 8.04. The largest absolute Gasteiger partial charge is 0.295 e. The molecule has 0 heterocycles. The van der Waals surface area contributed by atoms with Crippen LogP contribution in [0.1, 0.15) is 29.8 Å². The second-order valence-corrected chi connectivity index (χ2v) is 4.16. The van der Waals surface area contributed by atoms with Gasteiger partial charge < -0.3 is 0 Å². The molecular weight excluding hydrogens is 180 g/mol. The van der Waals surface area contributed by atoms with Gasteiger partial charge in [0, 0.05) is 11.3 Å². The van der Waals surface area contributed by atoms with Crippen molar-refractivity contribution >= 4 is 17.5 Å². The van der Waals surface area contributed by atoms with Crippen LogP contribution in [-0.2, 0) is 5.75 Å². The quantitative estimate of drug-likeness (QED) is 0.685. The lowest BCUT2D eigenvalue weighted by Crippen LogP contribution is -1.91. The molecule has 0 saturated heterocycles. The third-order valence-corrected chi connectivity index (χ3v) is 2.78. The Morgan fingerprint density at radius 3 is 2.38 bits per heavy atom. The zero-order chi connectivity index (χ0) is 9.68. The number of hydrogen-bond donors (Lipinski definition) is 0. The summed E-state index contributed by atoms with van der Waals surface area (Å²) < 4.78 is 0. The fourth-order valence-electron chi connectivity index (χ4n) is 1.06. The summed E-state index contributed by atoms with van der Waals surface area (Å²) >= 11 is 1.89. The topological polar surface area (TPSA) is 17.1 Å². The average molecular weight is 194 g/mol. The van der Waals surface area contributed by atoms with Crippen LogP contribution in [0, 0.1) is 0 Å². The van der Waals surface area contributed by atoms with E-state index in [4.69, 9.17) is 0 Å². The summed E-state index contributed by atoms with van der Waals surface area (Å²) in [5.74, 6) is 2.30. The van der Waals surface area contributed by atoms with E-state index in [1.165, 1.54) is 5.56 Å². The van der Waals surface area contributed by atoms with E-state index in [0.717, 1.165) is 17.1 Å². The fraction of sp³-hybridized carbons (Fsp3) is 0.364. The molecule has 0 bridgehead atoms. The number of ketones is 1. The highest BCUT2D eigenvalue weighted by Crippen LogP contribution is 2.12. The molecule has 2 heteroatoms. The van der Waals surface area contributed by atoms with Gasteiger partial charge in [-0.2, -0.15) is 11.8 Å². The summed E-state index contributed by atoms with van der Waals surface area (Å²) in [7, 11) is 0. The lowest BCUT2D eigenvalue weighted by atomic mass is 10.1. The van der Waals surface area contributed by atoms with Crippen LogP contribution in [-0.4, -0.2) is 11.5 Å². The molecule has 0 unspecified atom stereocenters. The van der Waals surface area contributed by atoms with Gasteiger partial charge in [0.15, 0.2) is 5.78 Å². The lowest BCUT2D eigenvalue weighted by Gasteiger charge is -2.00. The maximum atomic E-state index is 11.0. The van der Waals surface area contributed by atoms with Gasteiger partial charge in [0.1, 0.15) is 0 Å². The summed E-state index contributed by atoms with van der Waals surface area (Å²) in [4.78, 5) is 11.0. The molecule has 0 spiro atoms. The molecule has 0 aliphatic carbocycles. The smallest absolute Gasteiger partial charge is 0.159 e. The van der Waals surface area contributed by atoms with E-state index in [-0.39, 0.29) is 5.78 Å². The summed E-state index contributed by atoms with van der Waals surface area (Å²) in [6, 6.07) is 7.85. The van der Waals surface area contributed by atoms with Crippen LogP contribution in [0.4, 0.5) is 0 Å². The van der Waals surface area contributed by atoms with Crippen LogP contribution in [0.5, 0.6) is 0 Å². The van der Waals surface area contributed by atoms with Gasteiger partial charge >= 0.3 is 0 Å². The Labute approximate surface area is 83.5 Å². The van der Waals surface area contributed by atoms with Crippen molar-refractivity contribution < 1.29 is 4.79 Å². The van der Waals surface area contributed by atoms with E-state index in [2.05, 4.69) is 6.92 Å². The van der Waals surface area contributed by atoms with Crippen molar-refractivity contribution in [1.29, 1.82) is 0 Å². The number of rotatable bonds is 4. The SMILES string of the molecule is CCSCc1ccc(C(C)=O)cc1. The molecule has 0 N–H and O–H groups in total. The zero-order valence-corrected chi connectivity index (χ0v) is 8.86. The molecule has 70 valence electrons. The first-order chi connectivity index (χ1) is 6.24. The Balaban J connectivity index is 2.64. The second kappa shape index (κ2) is 5.07. The summed E-state index contributed by atoms with van der Waals surface area (Å²) in [6.45, 7) is 3.74. The van der Waals surface area contributed by atoms with Crippen LogP contribution in [0.3, 0.4) is 0 Å².